The van der Waals surface area contributed by atoms with Crippen molar-refractivity contribution >= 4 is 17.9 Å². The van der Waals surface area contributed by atoms with Gasteiger partial charge in [0.1, 0.15) is 6.04 Å². The maximum absolute atomic E-state index is 11.3. The molecular weight excluding hydrogens is 274 g/mol. The average Bonchev–Trinajstić information content (AvgIpc) is 2.40. The summed E-state index contributed by atoms with van der Waals surface area (Å²) in [5.74, 6) is -1.23. The smallest absolute Gasteiger partial charge is 0.320 e. The molecule has 9 nitrogen and oxygen atoms in total. The molecule has 8 N–H and O–H groups in total. The lowest BCUT2D eigenvalue weighted by Gasteiger charge is -2.26. The Labute approximate surface area is 125 Å². The number of carboxylic acid groups (broad SMARTS) is 1. The zero-order chi connectivity index (χ0) is 16.4. The number of unbranched alkanes of at least 4 members (excludes halogenated alkanes) is 1. The van der Waals surface area contributed by atoms with E-state index in [9.17, 15) is 9.90 Å². The van der Waals surface area contributed by atoms with E-state index in [1.165, 1.54) is 5.01 Å². The zero-order valence-electron chi connectivity index (χ0n) is 12.7. The highest BCUT2D eigenvalue weighted by Crippen LogP contribution is 2.10. The normalized spacial score (nSPS) is 12.0. The van der Waals surface area contributed by atoms with Gasteiger partial charge in [0.2, 0.25) is 11.9 Å². The van der Waals surface area contributed by atoms with Crippen molar-refractivity contribution in [2.75, 3.05) is 19.6 Å². The minimum atomic E-state index is -0.814. The topological polar surface area (TPSA) is 158 Å². The Bertz CT molecular complexity index is 365. The SMILES string of the molecule is CCN(CC)[C@H](CCCCN(N=C(N)N)C(=N)N)C(=O)O. The van der Waals surface area contributed by atoms with Crippen molar-refractivity contribution in [2.24, 2.45) is 22.3 Å². The number of likely N-dealkylation sites (N-methyl/N-ethyl adjacent to an activating group) is 1. The van der Waals surface area contributed by atoms with Gasteiger partial charge in [0.25, 0.3) is 0 Å². The number of hydrazone groups is 1. The predicted octanol–water partition coefficient (Wildman–Crippen LogP) is -0.664. The second kappa shape index (κ2) is 9.81. The molecule has 0 fully saturated rings. The van der Waals surface area contributed by atoms with Crippen LogP contribution in [0.1, 0.15) is 33.1 Å². The Morgan fingerprint density at radius 2 is 1.81 bits per heavy atom. The van der Waals surface area contributed by atoms with E-state index in [0.29, 0.717) is 38.9 Å². The van der Waals surface area contributed by atoms with E-state index < -0.39 is 12.0 Å². The molecule has 0 aliphatic heterocycles. The van der Waals surface area contributed by atoms with Gasteiger partial charge >= 0.3 is 5.97 Å². The van der Waals surface area contributed by atoms with Crippen LogP contribution in [0.25, 0.3) is 0 Å². The third-order valence-electron chi connectivity index (χ3n) is 3.15. The lowest BCUT2D eigenvalue weighted by molar-refractivity contribution is -0.143. The second-order valence-corrected chi connectivity index (χ2v) is 4.60. The maximum Gasteiger partial charge on any atom is 0.320 e. The van der Waals surface area contributed by atoms with Crippen LogP contribution in [0.2, 0.25) is 0 Å². The first-order chi connectivity index (χ1) is 9.83. The summed E-state index contributed by atoms with van der Waals surface area (Å²) in [6.07, 6.45) is 1.85. The van der Waals surface area contributed by atoms with E-state index in [2.05, 4.69) is 5.10 Å². The number of carbonyl (C=O) groups is 1. The second-order valence-electron chi connectivity index (χ2n) is 4.60. The molecule has 0 spiro atoms. The zero-order valence-corrected chi connectivity index (χ0v) is 12.7. The largest absolute Gasteiger partial charge is 0.480 e. The number of nitrogens with one attached hydrogen (secondary N) is 1. The first-order valence-corrected chi connectivity index (χ1v) is 7.01. The minimum Gasteiger partial charge on any atom is -0.480 e. The Hall–Kier alpha value is -2.03. The van der Waals surface area contributed by atoms with Gasteiger partial charge in [0.15, 0.2) is 0 Å². The molecular formula is C12H27N7O2. The minimum absolute atomic E-state index is 0.170. The van der Waals surface area contributed by atoms with Crippen LogP contribution in [0, 0.1) is 5.41 Å². The van der Waals surface area contributed by atoms with Gasteiger partial charge in [-0.3, -0.25) is 15.1 Å². The highest BCUT2D eigenvalue weighted by molar-refractivity contribution is 5.80. The van der Waals surface area contributed by atoms with E-state index in [4.69, 9.17) is 22.6 Å². The van der Waals surface area contributed by atoms with Gasteiger partial charge < -0.3 is 22.3 Å². The molecule has 0 rings (SSSR count). The van der Waals surface area contributed by atoms with Gasteiger partial charge in [0, 0.05) is 6.54 Å². The van der Waals surface area contributed by atoms with Crippen LogP contribution in [-0.2, 0) is 4.79 Å². The molecule has 0 aromatic heterocycles. The molecule has 0 amide bonds. The van der Waals surface area contributed by atoms with Crippen molar-refractivity contribution in [1.29, 1.82) is 5.41 Å². The van der Waals surface area contributed by atoms with E-state index in [1.807, 2.05) is 18.7 Å². The summed E-state index contributed by atoms with van der Waals surface area (Å²) in [5.41, 5.74) is 15.9. The average molecular weight is 301 g/mol. The van der Waals surface area contributed by atoms with Crippen molar-refractivity contribution in [3.8, 4) is 0 Å². The van der Waals surface area contributed by atoms with E-state index in [1.54, 1.807) is 0 Å². The number of rotatable bonds is 10. The number of nitrogens with zero attached hydrogens (tertiary/aromatic N) is 3. The molecule has 21 heavy (non-hydrogen) atoms. The summed E-state index contributed by atoms with van der Waals surface area (Å²) < 4.78 is 0. The summed E-state index contributed by atoms with van der Waals surface area (Å²) in [4.78, 5) is 13.2. The van der Waals surface area contributed by atoms with Crippen LogP contribution < -0.4 is 17.2 Å². The fourth-order valence-corrected chi connectivity index (χ4v) is 2.09. The molecule has 0 aliphatic rings. The Balaban J connectivity index is 4.35. The van der Waals surface area contributed by atoms with Gasteiger partial charge in [-0.05, 0) is 32.4 Å². The van der Waals surface area contributed by atoms with E-state index >= 15 is 0 Å². The number of carboxylic acids is 1. The maximum atomic E-state index is 11.3. The van der Waals surface area contributed by atoms with E-state index in [-0.39, 0.29) is 11.9 Å². The molecule has 1 atom stereocenters. The Morgan fingerprint density at radius 3 is 2.19 bits per heavy atom. The predicted molar refractivity (Wildman–Crippen MR) is 82.6 cm³/mol. The number of hydrogen-bond acceptors (Lipinski definition) is 4. The highest BCUT2D eigenvalue weighted by Gasteiger charge is 2.22. The Morgan fingerprint density at radius 1 is 1.24 bits per heavy atom. The van der Waals surface area contributed by atoms with Gasteiger partial charge in [-0.2, -0.15) is 0 Å². The van der Waals surface area contributed by atoms with Crippen LogP contribution in [-0.4, -0.2) is 58.6 Å². The molecule has 0 bridgehead atoms. The summed E-state index contributed by atoms with van der Waals surface area (Å²) in [7, 11) is 0. The van der Waals surface area contributed by atoms with Gasteiger partial charge in [0.05, 0.1) is 0 Å². The highest BCUT2D eigenvalue weighted by atomic mass is 16.4. The molecule has 0 aromatic carbocycles. The van der Waals surface area contributed by atoms with Gasteiger partial charge in [-0.25, -0.2) is 5.01 Å². The molecule has 9 heteroatoms. The Kier molecular flexibility index (Phi) is 8.86. The molecule has 0 saturated heterocycles. The third-order valence-corrected chi connectivity index (χ3v) is 3.15. The molecule has 0 unspecified atom stereocenters. The van der Waals surface area contributed by atoms with Crippen molar-refractivity contribution in [1.82, 2.24) is 9.91 Å². The van der Waals surface area contributed by atoms with Crippen LogP contribution in [0.5, 0.6) is 0 Å². The third kappa shape index (κ3) is 7.35. The van der Waals surface area contributed by atoms with Crippen LogP contribution in [0.3, 0.4) is 0 Å². The summed E-state index contributed by atoms with van der Waals surface area (Å²) >= 11 is 0. The van der Waals surface area contributed by atoms with Crippen molar-refractivity contribution in [2.45, 2.75) is 39.2 Å². The standard InChI is InChI=1S/C12H27N7O2/c1-3-18(4-2)9(10(20)21)7-5-6-8-19(12(15)16)17-11(13)14/h9H,3-8H2,1-2H3,(H3,15,16)(H,20,21)(H4,13,14,17)/t9-/m1/s1. The number of aliphatic carboxylic acids is 1. The van der Waals surface area contributed by atoms with Crippen molar-refractivity contribution in [3.63, 3.8) is 0 Å². The lowest BCUT2D eigenvalue weighted by atomic mass is 10.1. The monoisotopic (exact) mass is 301 g/mol. The van der Waals surface area contributed by atoms with Crippen LogP contribution >= 0.6 is 0 Å². The fraction of sp³-hybridized carbons (Fsp3) is 0.750. The van der Waals surface area contributed by atoms with Crippen molar-refractivity contribution < 1.29 is 9.90 Å². The van der Waals surface area contributed by atoms with Gasteiger partial charge in [-0.1, -0.05) is 13.8 Å². The van der Waals surface area contributed by atoms with Crippen LogP contribution in [0.15, 0.2) is 5.10 Å². The number of guanidine groups is 2. The molecule has 122 valence electrons. The first-order valence-electron chi connectivity index (χ1n) is 7.01. The summed E-state index contributed by atoms with van der Waals surface area (Å²) in [5, 5.41) is 21.5. The lowest BCUT2D eigenvalue weighted by Crippen LogP contribution is -2.41. The molecule has 0 radical (unpaired) electrons. The molecule has 0 saturated carbocycles. The number of nitrogens with two attached hydrogens (primary N) is 3. The first kappa shape index (κ1) is 19.0. The summed E-state index contributed by atoms with van der Waals surface area (Å²) in [6, 6.07) is -0.492. The van der Waals surface area contributed by atoms with Crippen LogP contribution in [0.4, 0.5) is 0 Å². The molecule has 0 aliphatic carbocycles. The number of hydrogen-bond donors (Lipinski definition) is 5. The van der Waals surface area contributed by atoms with Crippen molar-refractivity contribution in [3.05, 3.63) is 0 Å². The fourth-order valence-electron chi connectivity index (χ4n) is 2.09. The van der Waals surface area contributed by atoms with Gasteiger partial charge in [-0.15, -0.1) is 5.10 Å². The van der Waals surface area contributed by atoms with E-state index in [0.717, 1.165) is 0 Å². The quantitative estimate of drug-likeness (QED) is 0.155. The molecule has 0 aromatic rings. The summed E-state index contributed by atoms with van der Waals surface area (Å²) in [6.45, 7) is 5.64. The molecule has 0 heterocycles.